The van der Waals surface area contributed by atoms with Crippen molar-refractivity contribution in [2.75, 3.05) is 37.7 Å². The van der Waals surface area contributed by atoms with Crippen molar-refractivity contribution in [3.8, 4) is 5.69 Å². The molecule has 2 aliphatic heterocycles. The molecule has 0 N–H and O–H groups in total. The molecule has 1 aromatic heterocycles. The van der Waals surface area contributed by atoms with Crippen molar-refractivity contribution in [1.29, 1.82) is 0 Å². The maximum absolute atomic E-state index is 12.7. The van der Waals surface area contributed by atoms with Crippen LogP contribution in [0.5, 0.6) is 0 Å². The van der Waals surface area contributed by atoms with Gasteiger partial charge in [0.1, 0.15) is 12.7 Å². The van der Waals surface area contributed by atoms with Gasteiger partial charge in [-0.15, -0.1) is 0 Å². The largest absolute Gasteiger partial charge is 0.336 e. The van der Waals surface area contributed by atoms with Gasteiger partial charge < -0.3 is 4.90 Å². The Bertz CT molecular complexity index is 872. The van der Waals surface area contributed by atoms with Gasteiger partial charge in [-0.25, -0.2) is 18.1 Å². The van der Waals surface area contributed by atoms with Gasteiger partial charge in [-0.1, -0.05) is 0 Å². The first-order valence-electron chi connectivity index (χ1n) is 8.71. The molecule has 2 saturated heterocycles. The van der Waals surface area contributed by atoms with E-state index in [0.717, 1.165) is 18.8 Å². The van der Waals surface area contributed by atoms with E-state index in [9.17, 15) is 13.2 Å². The first-order valence-corrected chi connectivity index (χ1v) is 10.5. The van der Waals surface area contributed by atoms with Gasteiger partial charge in [0.05, 0.1) is 17.2 Å². The molecule has 9 heteroatoms. The SMILES string of the molecule is O=C(c1ccc(-n2cncn2)cc1)N1CCN([C@H]2CCS(=O)(=O)C2)CC1. The first kappa shape index (κ1) is 17.2. The molecule has 4 rings (SSSR count). The van der Waals surface area contributed by atoms with E-state index in [0.29, 0.717) is 25.1 Å². The number of hydrogen-bond acceptors (Lipinski definition) is 6. The van der Waals surface area contributed by atoms with Gasteiger partial charge in [-0.2, -0.15) is 5.10 Å². The summed E-state index contributed by atoms with van der Waals surface area (Å²) in [4.78, 5) is 20.7. The number of hydrogen-bond donors (Lipinski definition) is 0. The summed E-state index contributed by atoms with van der Waals surface area (Å²) in [7, 11) is -2.87. The quantitative estimate of drug-likeness (QED) is 0.762. The zero-order valence-electron chi connectivity index (χ0n) is 14.4. The average Bonchev–Trinajstić information content (AvgIpc) is 3.31. The Balaban J connectivity index is 1.36. The van der Waals surface area contributed by atoms with Crippen LogP contribution in [0.1, 0.15) is 16.8 Å². The Morgan fingerprint density at radius 2 is 1.81 bits per heavy atom. The highest BCUT2D eigenvalue weighted by molar-refractivity contribution is 7.91. The summed E-state index contributed by atoms with van der Waals surface area (Å²) in [5, 5.41) is 4.07. The summed E-state index contributed by atoms with van der Waals surface area (Å²) in [6.07, 6.45) is 3.79. The maximum atomic E-state index is 12.7. The molecule has 1 aromatic carbocycles. The third-order valence-corrected chi connectivity index (χ3v) is 6.87. The lowest BCUT2D eigenvalue weighted by Crippen LogP contribution is -2.52. The number of rotatable bonds is 3. The standard InChI is InChI=1S/C17H21N5O3S/c23-17(14-1-3-15(4-2-14)22-13-18-12-19-22)21-8-6-20(7-9-21)16-5-10-26(24,25)11-16/h1-4,12-13,16H,5-11H2/t16-/m0/s1. The van der Waals surface area contributed by atoms with E-state index in [1.165, 1.54) is 6.33 Å². The van der Waals surface area contributed by atoms with Crippen LogP contribution in [0.25, 0.3) is 5.69 Å². The van der Waals surface area contributed by atoms with Gasteiger partial charge in [0.25, 0.3) is 5.91 Å². The van der Waals surface area contributed by atoms with Crippen LogP contribution in [0.3, 0.4) is 0 Å². The van der Waals surface area contributed by atoms with Crippen LogP contribution in [-0.2, 0) is 9.84 Å². The fourth-order valence-electron chi connectivity index (χ4n) is 3.63. The molecule has 2 aromatic rings. The van der Waals surface area contributed by atoms with Crippen molar-refractivity contribution in [3.63, 3.8) is 0 Å². The van der Waals surface area contributed by atoms with Gasteiger partial charge in [-0.3, -0.25) is 9.69 Å². The molecule has 8 nitrogen and oxygen atoms in total. The second kappa shape index (κ2) is 6.81. The molecule has 0 unspecified atom stereocenters. The van der Waals surface area contributed by atoms with Gasteiger partial charge in [-0.05, 0) is 30.7 Å². The monoisotopic (exact) mass is 375 g/mol. The second-order valence-corrected chi connectivity index (χ2v) is 9.00. The van der Waals surface area contributed by atoms with Crippen molar-refractivity contribution in [3.05, 3.63) is 42.5 Å². The van der Waals surface area contributed by atoms with E-state index in [1.54, 1.807) is 23.1 Å². The van der Waals surface area contributed by atoms with E-state index in [4.69, 9.17) is 0 Å². The van der Waals surface area contributed by atoms with Crippen molar-refractivity contribution < 1.29 is 13.2 Å². The normalized spacial score (nSPS) is 23.2. The lowest BCUT2D eigenvalue weighted by molar-refractivity contribution is 0.0588. The van der Waals surface area contributed by atoms with Gasteiger partial charge in [0, 0.05) is 37.8 Å². The molecule has 1 amide bonds. The van der Waals surface area contributed by atoms with Crippen LogP contribution in [-0.4, -0.2) is 82.6 Å². The highest BCUT2D eigenvalue weighted by atomic mass is 32.2. The minimum Gasteiger partial charge on any atom is -0.336 e. The Morgan fingerprint density at radius 3 is 2.38 bits per heavy atom. The predicted octanol–water partition coefficient (Wildman–Crippen LogP) is 0.212. The maximum Gasteiger partial charge on any atom is 0.253 e. The third kappa shape index (κ3) is 3.49. The van der Waals surface area contributed by atoms with Gasteiger partial charge in [0.15, 0.2) is 9.84 Å². The van der Waals surface area contributed by atoms with Gasteiger partial charge in [0.2, 0.25) is 0 Å². The predicted molar refractivity (Wildman–Crippen MR) is 95.9 cm³/mol. The lowest BCUT2D eigenvalue weighted by atomic mass is 10.1. The Labute approximate surface area is 152 Å². The van der Waals surface area contributed by atoms with E-state index in [-0.39, 0.29) is 23.5 Å². The minimum atomic E-state index is -2.87. The van der Waals surface area contributed by atoms with Gasteiger partial charge >= 0.3 is 0 Å². The summed E-state index contributed by atoms with van der Waals surface area (Å²) in [5.41, 5.74) is 1.50. The highest BCUT2D eigenvalue weighted by Crippen LogP contribution is 2.20. The molecule has 0 bridgehead atoms. The summed E-state index contributed by atoms with van der Waals surface area (Å²) in [6.45, 7) is 2.70. The fraction of sp³-hybridized carbons (Fsp3) is 0.471. The molecule has 0 spiro atoms. The van der Waals surface area contributed by atoms with Crippen molar-refractivity contribution in [2.45, 2.75) is 12.5 Å². The van der Waals surface area contributed by atoms with E-state index in [2.05, 4.69) is 15.0 Å². The fourth-order valence-corrected chi connectivity index (χ4v) is 5.40. The number of carbonyl (C=O) groups is 1. The third-order valence-electron chi connectivity index (χ3n) is 5.12. The lowest BCUT2D eigenvalue weighted by Gasteiger charge is -2.37. The summed E-state index contributed by atoms with van der Waals surface area (Å²) in [5.74, 6) is 0.549. The van der Waals surface area contributed by atoms with Crippen LogP contribution in [0.4, 0.5) is 0 Å². The van der Waals surface area contributed by atoms with Crippen LogP contribution in [0, 0.1) is 0 Å². The van der Waals surface area contributed by atoms with Crippen molar-refractivity contribution >= 4 is 15.7 Å². The molecular weight excluding hydrogens is 354 g/mol. The molecule has 0 saturated carbocycles. The van der Waals surface area contributed by atoms with E-state index in [1.807, 2.05) is 17.0 Å². The molecular formula is C17H21N5O3S. The Hall–Kier alpha value is -2.26. The number of piperazine rings is 1. The number of sulfone groups is 1. The number of amides is 1. The zero-order chi connectivity index (χ0) is 18.1. The number of carbonyl (C=O) groups excluding carboxylic acids is 1. The van der Waals surface area contributed by atoms with Crippen LogP contribution < -0.4 is 0 Å². The molecule has 1 atom stereocenters. The van der Waals surface area contributed by atoms with Crippen LogP contribution >= 0.6 is 0 Å². The summed E-state index contributed by atoms with van der Waals surface area (Å²) in [6, 6.07) is 7.41. The molecule has 0 aliphatic carbocycles. The summed E-state index contributed by atoms with van der Waals surface area (Å²) >= 11 is 0. The second-order valence-electron chi connectivity index (χ2n) is 6.77. The molecule has 2 aliphatic rings. The summed E-state index contributed by atoms with van der Waals surface area (Å²) < 4.78 is 24.9. The smallest absolute Gasteiger partial charge is 0.253 e. The highest BCUT2D eigenvalue weighted by Gasteiger charge is 2.34. The molecule has 26 heavy (non-hydrogen) atoms. The van der Waals surface area contributed by atoms with Crippen molar-refractivity contribution in [1.82, 2.24) is 24.6 Å². The Morgan fingerprint density at radius 1 is 1.08 bits per heavy atom. The minimum absolute atomic E-state index is 0.00818. The van der Waals surface area contributed by atoms with Crippen molar-refractivity contribution in [2.24, 2.45) is 0 Å². The first-order chi connectivity index (χ1) is 12.5. The molecule has 0 radical (unpaired) electrons. The molecule has 138 valence electrons. The van der Waals surface area contributed by atoms with E-state index < -0.39 is 9.84 Å². The van der Waals surface area contributed by atoms with Crippen LogP contribution in [0.2, 0.25) is 0 Å². The molecule has 3 heterocycles. The molecule has 2 fully saturated rings. The number of aromatic nitrogens is 3. The average molecular weight is 375 g/mol. The Kier molecular flexibility index (Phi) is 4.49. The number of benzene rings is 1. The number of nitrogens with zero attached hydrogens (tertiary/aromatic N) is 5. The van der Waals surface area contributed by atoms with Crippen LogP contribution in [0.15, 0.2) is 36.9 Å². The van der Waals surface area contributed by atoms with E-state index >= 15 is 0 Å². The topological polar surface area (TPSA) is 88.4 Å². The zero-order valence-corrected chi connectivity index (χ0v) is 15.2.